The van der Waals surface area contributed by atoms with E-state index in [0.717, 1.165) is 16.5 Å². The van der Waals surface area contributed by atoms with Gasteiger partial charge in [0.25, 0.3) is 0 Å². The van der Waals surface area contributed by atoms with Gasteiger partial charge in [-0.05, 0) is 42.7 Å². The van der Waals surface area contributed by atoms with Crippen LogP contribution in [0.5, 0.6) is 11.5 Å². The van der Waals surface area contributed by atoms with Crippen LogP contribution in [0, 0.1) is 23.2 Å². The summed E-state index contributed by atoms with van der Waals surface area (Å²) in [6.45, 7) is 0.566. The second-order valence-corrected chi connectivity index (χ2v) is 9.51. The van der Waals surface area contributed by atoms with Crippen LogP contribution < -0.4 is 20.1 Å². The van der Waals surface area contributed by atoms with Crippen molar-refractivity contribution in [1.29, 1.82) is 5.26 Å². The largest absolute Gasteiger partial charge is 0.496 e. The van der Waals surface area contributed by atoms with Gasteiger partial charge in [-0.3, -0.25) is 14.4 Å². The van der Waals surface area contributed by atoms with Gasteiger partial charge in [0.2, 0.25) is 11.8 Å². The van der Waals surface area contributed by atoms with Gasteiger partial charge in [-0.25, -0.2) is 0 Å². The number of fused-ring (bicyclic) bond motifs is 2. The number of carbonyl (C=O) groups is 3. The fraction of sp³-hybridized carbons (Fsp3) is 0.357. The number of ketones is 1. The summed E-state index contributed by atoms with van der Waals surface area (Å²) >= 11 is 0. The number of nitriles is 1. The summed E-state index contributed by atoms with van der Waals surface area (Å²) in [4.78, 5) is 42.1. The first-order valence-corrected chi connectivity index (χ1v) is 12.4. The van der Waals surface area contributed by atoms with Crippen molar-refractivity contribution in [2.24, 2.45) is 11.8 Å². The third-order valence-corrected chi connectivity index (χ3v) is 7.16. The van der Waals surface area contributed by atoms with Crippen molar-refractivity contribution in [2.75, 3.05) is 13.7 Å². The summed E-state index contributed by atoms with van der Waals surface area (Å²) in [7, 11) is 1.57. The molecule has 1 fully saturated rings. The minimum Gasteiger partial charge on any atom is -0.496 e. The second kappa shape index (κ2) is 10.3. The van der Waals surface area contributed by atoms with Gasteiger partial charge in [0, 0.05) is 36.2 Å². The lowest BCUT2D eigenvalue weighted by atomic mass is 9.90. The maximum absolute atomic E-state index is 13.5. The minimum absolute atomic E-state index is 0.106. The molecule has 4 unspecified atom stereocenters. The highest BCUT2D eigenvalue weighted by Crippen LogP contribution is 2.34. The molecule has 3 heterocycles. The molecule has 4 atom stereocenters. The molecule has 0 aliphatic carbocycles. The van der Waals surface area contributed by atoms with Gasteiger partial charge in [-0.15, -0.1) is 0 Å². The SMILES string of the molecule is COc1cccc2[nH]c(C(=O)CC(C(=O)NC(C#N)CC3CCNC3=O)C3Cc4ccccc4O3)cc12. The van der Waals surface area contributed by atoms with Crippen molar-refractivity contribution < 1.29 is 23.9 Å². The molecule has 2 amide bonds. The monoisotopic (exact) mass is 500 g/mol. The van der Waals surface area contributed by atoms with Gasteiger partial charge in [0.1, 0.15) is 23.6 Å². The van der Waals surface area contributed by atoms with Crippen LogP contribution in [0.15, 0.2) is 48.5 Å². The fourth-order valence-electron chi connectivity index (χ4n) is 5.17. The lowest BCUT2D eigenvalue weighted by molar-refractivity contribution is -0.128. The Morgan fingerprint density at radius 2 is 2.08 bits per heavy atom. The molecule has 37 heavy (non-hydrogen) atoms. The van der Waals surface area contributed by atoms with E-state index >= 15 is 0 Å². The number of hydrogen-bond donors (Lipinski definition) is 3. The Bertz CT molecular complexity index is 1370. The van der Waals surface area contributed by atoms with E-state index in [1.54, 1.807) is 13.2 Å². The highest BCUT2D eigenvalue weighted by Gasteiger charge is 2.38. The number of Topliss-reactive ketones (excluding diaryl/α,β-unsaturated/α-hetero) is 1. The Kier molecular flexibility index (Phi) is 6.82. The average molecular weight is 501 g/mol. The molecule has 190 valence electrons. The van der Waals surface area contributed by atoms with E-state index in [4.69, 9.17) is 9.47 Å². The molecule has 9 nitrogen and oxygen atoms in total. The molecule has 3 N–H and O–H groups in total. The Morgan fingerprint density at radius 3 is 2.81 bits per heavy atom. The Hall–Kier alpha value is -4.32. The number of methoxy groups -OCH3 is 1. The standard InChI is InChI=1S/C28H28N4O5/c1-36-25-8-4-6-21-19(25)13-22(32-21)23(33)14-20(26-12-16-5-2-3-7-24(16)37-26)28(35)31-18(15-29)11-17-9-10-30-27(17)34/h2-8,13,17-18,20,26,32H,9-12,14H2,1H3,(H,30,34)(H,31,35). The van der Waals surface area contributed by atoms with Gasteiger partial charge in [0.15, 0.2) is 5.78 Å². The van der Waals surface area contributed by atoms with Crippen LogP contribution in [-0.4, -0.2) is 48.4 Å². The number of nitrogens with zero attached hydrogens (tertiary/aromatic N) is 1. The zero-order valence-corrected chi connectivity index (χ0v) is 20.5. The normalized spacial score (nSPS) is 19.8. The molecule has 0 bridgehead atoms. The number of benzene rings is 2. The first-order valence-electron chi connectivity index (χ1n) is 12.4. The molecular weight excluding hydrogens is 472 g/mol. The maximum Gasteiger partial charge on any atom is 0.228 e. The van der Waals surface area contributed by atoms with Crippen molar-refractivity contribution in [1.82, 2.24) is 15.6 Å². The summed E-state index contributed by atoms with van der Waals surface area (Å²) in [6, 6.07) is 16.0. The number of ether oxygens (including phenoxy) is 2. The molecule has 5 rings (SSSR count). The first-order chi connectivity index (χ1) is 18.0. The molecule has 2 aliphatic rings. The molecule has 0 saturated carbocycles. The van der Waals surface area contributed by atoms with E-state index in [1.165, 1.54) is 0 Å². The van der Waals surface area contributed by atoms with Crippen LogP contribution >= 0.6 is 0 Å². The van der Waals surface area contributed by atoms with Gasteiger partial charge in [-0.1, -0.05) is 24.3 Å². The highest BCUT2D eigenvalue weighted by molar-refractivity contribution is 6.02. The third-order valence-electron chi connectivity index (χ3n) is 7.16. The number of H-pyrrole nitrogens is 1. The number of carbonyl (C=O) groups excluding carboxylic acids is 3. The molecule has 9 heteroatoms. The van der Waals surface area contributed by atoms with E-state index in [9.17, 15) is 19.6 Å². The molecule has 2 aromatic carbocycles. The van der Waals surface area contributed by atoms with Crippen LogP contribution in [-0.2, 0) is 16.0 Å². The van der Waals surface area contributed by atoms with Crippen molar-refractivity contribution in [2.45, 2.75) is 37.8 Å². The average Bonchev–Trinajstić information content (AvgIpc) is 3.64. The maximum atomic E-state index is 13.5. The van der Waals surface area contributed by atoms with E-state index in [0.29, 0.717) is 36.6 Å². The summed E-state index contributed by atoms with van der Waals surface area (Å²) in [5.41, 5.74) is 2.09. The van der Waals surface area contributed by atoms with E-state index in [2.05, 4.69) is 21.7 Å². The van der Waals surface area contributed by atoms with Gasteiger partial charge in [0.05, 0.1) is 24.8 Å². The minimum atomic E-state index is -0.847. The molecule has 2 aliphatic heterocycles. The quantitative estimate of drug-likeness (QED) is 0.387. The number of aromatic amines is 1. The topological polar surface area (TPSA) is 133 Å². The van der Waals surface area contributed by atoms with Crippen LogP contribution in [0.25, 0.3) is 10.9 Å². The number of para-hydroxylation sites is 1. The number of nitrogens with one attached hydrogen (secondary N) is 3. The van der Waals surface area contributed by atoms with Gasteiger partial charge < -0.3 is 25.1 Å². The zero-order chi connectivity index (χ0) is 25.9. The fourth-order valence-corrected chi connectivity index (χ4v) is 5.17. The second-order valence-electron chi connectivity index (χ2n) is 9.51. The van der Waals surface area contributed by atoms with Gasteiger partial charge in [-0.2, -0.15) is 5.26 Å². The molecule has 3 aromatic rings. The lowest BCUT2D eigenvalue weighted by Gasteiger charge is -2.24. The van der Waals surface area contributed by atoms with E-state index in [1.807, 2.05) is 42.5 Å². The van der Waals surface area contributed by atoms with Crippen LogP contribution in [0.1, 0.15) is 35.3 Å². The number of hydrogen-bond acceptors (Lipinski definition) is 6. The van der Waals surface area contributed by atoms with E-state index < -0.39 is 24.0 Å². The highest BCUT2D eigenvalue weighted by atomic mass is 16.5. The number of aromatic nitrogens is 1. The number of rotatable bonds is 9. The molecule has 0 radical (unpaired) electrons. The van der Waals surface area contributed by atoms with Gasteiger partial charge >= 0.3 is 0 Å². The Morgan fingerprint density at radius 1 is 1.24 bits per heavy atom. The van der Waals surface area contributed by atoms with E-state index in [-0.39, 0.29) is 30.4 Å². The van der Waals surface area contributed by atoms with Crippen LogP contribution in [0.2, 0.25) is 0 Å². The molecule has 0 spiro atoms. The Labute approximate surface area is 214 Å². The summed E-state index contributed by atoms with van der Waals surface area (Å²) in [6.07, 6.45) is 0.656. The van der Waals surface area contributed by atoms with Crippen molar-refractivity contribution in [3.63, 3.8) is 0 Å². The van der Waals surface area contributed by atoms with Crippen molar-refractivity contribution in [3.05, 3.63) is 59.8 Å². The van der Waals surface area contributed by atoms with Crippen LogP contribution in [0.4, 0.5) is 0 Å². The van der Waals surface area contributed by atoms with Crippen molar-refractivity contribution in [3.8, 4) is 17.6 Å². The third kappa shape index (κ3) is 5.00. The number of amides is 2. The molecule has 1 aromatic heterocycles. The zero-order valence-electron chi connectivity index (χ0n) is 20.5. The first kappa shape index (κ1) is 24.4. The summed E-state index contributed by atoms with van der Waals surface area (Å²) in [5.74, 6) is -0.617. The predicted octanol–water partition coefficient (Wildman–Crippen LogP) is 2.90. The lowest BCUT2D eigenvalue weighted by Crippen LogP contribution is -2.45. The molecule has 1 saturated heterocycles. The smallest absolute Gasteiger partial charge is 0.228 e. The van der Waals surface area contributed by atoms with Crippen molar-refractivity contribution >= 4 is 28.5 Å². The predicted molar refractivity (Wildman–Crippen MR) is 135 cm³/mol. The molecular formula is C28H28N4O5. The Balaban J connectivity index is 1.37. The summed E-state index contributed by atoms with van der Waals surface area (Å²) < 4.78 is 11.5. The summed E-state index contributed by atoms with van der Waals surface area (Å²) in [5, 5.41) is 16.0. The van der Waals surface area contributed by atoms with Crippen LogP contribution in [0.3, 0.4) is 0 Å².